The van der Waals surface area contributed by atoms with Gasteiger partial charge in [0.05, 0.1) is 30.2 Å². The molecule has 9 nitrogen and oxygen atoms in total. The number of fused-ring (bicyclic) bond motifs is 1. The summed E-state index contributed by atoms with van der Waals surface area (Å²) in [7, 11) is 0. The molecule has 2 aliphatic rings. The molecule has 11 heteroatoms. The highest BCUT2D eigenvalue weighted by molar-refractivity contribution is 7.99. The monoisotopic (exact) mass is 484 g/mol. The molecule has 0 saturated carbocycles. The number of benzene rings is 1. The van der Waals surface area contributed by atoms with Crippen LogP contribution in [-0.4, -0.2) is 58.6 Å². The quantitative estimate of drug-likeness (QED) is 0.495. The summed E-state index contributed by atoms with van der Waals surface area (Å²) in [5, 5.41) is 12.9. The van der Waals surface area contributed by atoms with E-state index in [-0.39, 0.29) is 11.7 Å². The fourth-order valence-electron chi connectivity index (χ4n) is 4.17. The summed E-state index contributed by atoms with van der Waals surface area (Å²) >= 11 is 2.76. The van der Waals surface area contributed by atoms with Crippen LogP contribution in [0.4, 0.5) is 10.9 Å². The number of hydrogen-bond donors (Lipinski definition) is 2. The van der Waals surface area contributed by atoms with Crippen LogP contribution in [-0.2, 0) is 22.4 Å². The van der Waals surface area contributed by atoms with E-state index in [9.17, 15) is 9.59 Å². The Labute approximate surface area is 199 Å². The number of carbonyl (C=O) groups is 2. The zero-order chi connectivity index (χ0) is 22.8. The number of nitrogens with two attached hydrogens (primary N) is 1. The van der Waals surface area contributed by atoms with E-state index in [1.807, 2.05) is 34.9 Å². The number of nitrogens with one attached hydrogen (secondary N) is 1. The molecule has 3 aromatic rings. The number of thiophene rings is 1. The molecule has 33 heavy (non-hydrogen) atoms. The van der Waals surface area contributed by atoms with E-state index in [1.54, 1.807) is 0 Å². The second kappa shape index (κ2) is 9.54. The van der Waals surface area contributed by atoms with Crippen LogP contribution in [0.1, 0.15) is 27.2 Å². The minimum Gasteiger partial charge on any atom is -0.378 e. The highest BCUT2D eigenvalue weighted by Gasteiger charge is 2.27. The van der Waals surface area contributed by atoms with Gasteiger partial charge in [0.1, 0.15) is 5.00 Å². The summed E-state index contributed by atoms with van der Waals surface area (Å²) in [4.78, 5) is 28.1. The van der Waals surface area contributed by atoms with Crippen molar-refractivity contribution < 1.29 is 14.3 Å². The molecule has 0 spiro atoms. The molecule has 3 N–H and O–H groups in total. The lowest BCUT2D eigenvalue weighted by Gasteiger charge is -2.27. The highest BCUT2D eigenvalue weighted by atomic mass is 32.2. The molecule has 2 amide bonds. The van der Waals surface area contributed by atoms with Gasteiger partial charge in [-0.25, -0.2) is 0 Å². The van der Waals surface area contributed by atoms with Crippen molar-refractivity contribution in [3.8, 4) is 5.69 Å². The molecule has 3 heterocycles. The van der Waals surface area contributed by atoms with Gasteiger partial charge in [-0.15, -0.1) is 21.5 Å². The summed E-state index contributed by atoms with van der Waals surface area (Å²) in [6.45, 7) is 2.74. The lowest BCUT2D eigenvalue weighted by molar-refractivity contribution is -0.113. The fraction of sp³-hybridized carbons (Fsp3) is 0.364. The van der Waals surface area contributed by atoms with E-state index >= 15 is 0 Å². The van der Waals surface area contributed by atoms with Gasteiger partial charge in [-0.05, 0) is 37.0 Å². The third-order valence-electron chi connectivity index (χ3n) is 5.68. The van der Waals surface area contributed by atoms with Crippen LogP contribution in [0.25, 0.3) is 5.69 Å². The van der Waals surface area contributed by atoms with Gasteiger partial charge in [0.25, 0.3) is 5.91 Å². The molecule has 1 fully saturated rings. The SMILES string of the molecule is NC(=O)c1c(NC(=O)CSc2nnc(N3CCOCC3)n2-c2ccccc2)sc2c1CCC2. The normalized spacial score (nSPS) is 15.5. The third kappa shape index (κ3) is 4.48. The van der Waals surface area contributed by atoms with Crippen LogP contribution in [0.2, 0.25) is 0 Å². The lowest BCUT2D eigenvalue weighted by atomic mass is 10.1. The number of para-hydroxylation sites is 1. The average molecular weight is 485 g/mol. The Morgan fingerprint density at radius 2 is 1.94 bits per heavy atom. The van der Waals surface area contributed by atoms with E-state index in [1.165, 1.54) is 23.1 Å². The smallest absolute Gasteiger partial charge is 0.251 e. The van der Waals surface area contributed by atoms with Crippen LogP contribution in [0.3, 0.4) is 0 Å². The van der Waals surface area contributed by atoms with Crippen LogP contribution < -0.4 is 16.0 Å². The van der Waals surface area contributed by atoms with Gasteiger partial charge in [0.15, 0.2) is 5.16 Å². The molecule has 1 aromatic carbocycles. The fourth-order valence-corrected chi connectivity index (χ4v) is 6.23. The number of hydrogen-bond acceptors (Lipinski definition) is 8. The Bertz CT molecular complexity index is 1170. The predicted octanol–water partition coefficient (Wildman–Crippen LogP) is 2.48. The highest BCUT2D eigenvalue weighted by Crippen LogP contribution is 2.39. The number of ether oxygens (including phenoxy) is 1. The second-order valence-electron chi connectivity index (χ2n) is 7.82. The molecule has 0 unspecified atom stereocenters. The van der Waals surface area contributed by atoms with Gasteiger partial charge in [0, 0.05) is 18.0 Å². The predicted molar refractivity (Wildman–Crippen MR) is 129 cm³/mol. The molecular weight excluding hydrogens is 460 g/mol. The van der Waals surface area contributed by atoms with Crippen molar-refractivity contribution in [3.63, 3.8) is 0 Å². The molecule has 1 saturated heterocycles. The number of nitrogens with zero attached hydrogens (tertiary/aromatic N) is 4. The van der Waals surface area contributed by atoms with Crippen molar-refractivity contribution in [3.05, 3.63) is 46.3 Å². The Kier molecular flexibility index (Phi) is 6.34. The van der Waals surface area contributed by atoms with Gasteiger partial charge >= 0.3 is 0 Å². The minimum atomic E-state index is -0.490. The van der Waals surface area contributed by atoms with Crippen LogP contribution in [0, 0.1) is 0 Å². The Balaban J connectivity index is 1.34. The standard InChI is InChI=1S/C22H24N6O3S2/c23-19(30)18-15-7-4-8-16(15)33-20(18)24-17(29)13-32-22-26-25-21(27-9-11-31-12-10-27)28(22)14-5-2-1-3-6-14/h1-3,5-6H,4,7-13H2,(H2,23,30)(H,24,29). The van der Waals surface area contributed by atoms with E-state index in [0.717, 1.165) is 54.4 Å². The molecule has 1 aliphatic carbocycles. The van der Waals surface area contributed by atoms with E-state index in [0.29, 0.717) is 28.9 Å². The van der Waals surface area contributed by atoms with Crippen molar-refractivity contribution in [2.24, 2.45) is 5.73 Å². The van der Waals surface area contributed by atoms with Crippen molar-refractivity contribution >= 4 is 45.9 Å². The van der Waals surface area contributed by atoms with Crippen molar-refractivity contribution in [2.45, 2.75) is 24.4 Å². The first-order valence-electron chi connectivity index (χ1n) is 10.8. The molecular formula is C22H24N6O3S2. The lowest BCUT2D eigenvalue weighted by Crippen LogP contribution is -2.37. The van der Waals surface area contributed by atoms with Gasteiger partial charge in [-0.3, -0.25) is 14.2 Å². The van der Waals surface area contributed by atoms with Gasteiger partial charge in [0.2, 0.25) is 11.9 Å². The summed E-state index contributed by atoms with van der Waals surface area (Å²) in [5.41, 5.74) is 8.00. The third-order valence-corrected chi connectivity index (χ3v) is 7.81. The Morgan fingerprint density at radius 3 is 2.70 bits per heavy atom. The van der Waals surface area contributed by atoms with Crippen molar-refractivity contribution in [2.75, 3.05) is 42.3 Å². The molecule has 172 valence electrons. The number of primary amides is 1. The maximum Gasteiger partial charge on any atom is 0.251 e. The zero-order valence-electron chi connectivity index (χ0n) is 18.0. The van der Waals surface area contributed by atoms with E-state index < -0.39 is 5.91 Å². The number of carbonyl (C=O) groups excluding carboxylic acids is 2. The van der Waals surface area contributed by atoms with E-state index in [4.69, 9.17) is 10.5 Å². The van der Waals surface area contributed by atoms with Gasteiger partial charge in [-0.1, -0.05) is 30.0 Å². The Morgan fingerprint density at radius 1 is 1.15 bits per heavy atom. The molecule has 0 atom stereocenters. The van der Waals surface area contributed by atoms with Gasteiger partial charge in [-0.2, -0.15) is 0 Å². The van der Waals surface area contributed by atoms with Crippen LogP contribution in [0.5, 0.6) is 0 Å². The van der Waals surface area contributed by atoms with Crippen LogP contribution >= 0.6 is 23.1 Å². The molecule has 2 aromatic heterocycles. The first-order chi connectivity index (χ1) is 16.1. The number of thioether (sulfide) groups is 1. The van der Waals surface area contributed by atoms with Crippen molar-refractivity contribution in [1.82, 2.24) is 14.8 Å². The van der Waals surface area contributed by atoms with Gasteiger partial charge < -0.3 is 20.7 Å². The molecule has 5 rings (SSSR count). The summed E-state index contributed by atoms with van der Waals surface area (Å²) in [5.74, 6) is 0.168. The zero-order valence-corrected chi connectivity index (χ0v) is 19.6. The minimum absolute atomic E-state index is 0.134. The number of anilines is 2. The maximum atomic E-state index is 12.8. The number of aromatic nitrogens is 3. The second-order valence-corrected chi connectivity index (χ2v) is 9.86. The van der Waals surface area contributed by atoms with E-state index in [2.05, 4.69) is 20.4 Å². The first kappa shape index (κ1) is 21.9. The Hall–Kier alpha value is -2.89. The summed E-state index contributed by atoms with van der Waals surface area (Å²) in [6.07, 6.45) is 2.78. The number of morpholine rings is 1. The van der Waals surface area contributed by atoms with Crippen LogP contribution in [0.15, 0.2) is 35.5 Å². The number of amides is 2. The molecule has 0 bridgehead atoms. The average Bonchev–Trinajstić information content (AvgIpc) is 3.53. The van der Waals surface area contributed by atoms with Crippen molar-refractivity contribution in [1.29, 1.82) is 0 Å². The largest absolute Gasteiger partial charge is 0.378 e. The summed E-state index contributed by atoms with van der Waals surface area (Å²) in [6, 6.07) is 9.85. The molecule has 0 radical (unpaired) electrons. The first-order valence-corrected chi connectivity index (χ1v) is 12.6. The molecule has 1 aliphatic heterocycles. The number of aryl methyl sites for hydroxylation is 1. The number of rotatable bonds is 7. The summed E-state index contributed by atoms with van der Waals surface area (Å²) < 4.78 is 7.44. The topological polar surface area (TPSA) is 115 Å². The maximum absolute atomic E-state index is 12.8.